The molecule has 64 valence electrons. The number of aliphatic hydroxyl groups excluding tert-OH is 1. The smallest absolute Gasteiger partial charge is 0.0471 e. The van der Waals surface area contributed by atoms with Gasteiger partial charge < -0.3 is 5.11 Å². The maximum Gasteiger partial charge on any atom is 0.0471 e. The molecule has 1 heteroatoms. The third-order valence-electron chi connectivity index (χ3n) is 1.80. The molecule has 0 heterocycles. The Kier molecular flexibility index (Phi) is 3.55. The van der Waals surface area contributed by atoms with Gasteiger partial charge in [0.1, 0.15) is 0 Å². The second kappa shape index (κ2) is 4.73. The van der Waals surface area contributed by atoms with E-state index in [4.69, 9.17) is 5.11 Å². The SMILES string of the molecule is C=CCc1ccc(CCO)cc1. The van der Waals surface area contributed by atoms with E-state index in [2.05, 4.69) is 30.8 Å². The number of allylic oxidation sites excluding steroid dienone is 1. The second-order valence-corrected chi connectivity index (χ2v) is 2.78. The highest BCUT2D eigenvalue weighted by Gasteiger charge is 1.91. The van der Waals surface area contributed by atoms with E-state index in [1.54, 1.807) is 0 Å². The van der Waals surface area contributed by atoms with E-state index < -0.39 is 0 Å². The molecule has 1 rings (SSSR count). The summed E-state index contributed by atoms with van der Waals surface area (Å²) in [7, 11) is 0. The van der Waals surface area contributed by atoms with E-state index >= 15 is 0 Å². The van der Waals surface area contributed by atoms with Gasteiger partial charge in [0.05, 0.1) is 0 Å². The van der Waals surface area contributed by atoms with Crippen LogP contribution in [0.25, 0.3) is 0 Å². The van der Waals surface area contributed by atoms with Gasteiger partial charge in [-0.2, -0.15) is 0 Å². The third-order valence-corrected chi connectivity index (χ3v) is 1.80. The summed E-state index contributed by atoms with van der Waals surface area (Å²) in [5, 5.41) is 8.68. The van der Waals surface area contributed by atoms with Crippen molar-refractivity contribution in [2.45, 2.75) is 12.8 Å². The lowest BCUT2D eigenvalue weighted by atomic mass is 10.1. The molecule has 0 radical (unpaired) electrons. The van der Waals surface area contributed by atoms with Crippen molar-refractivity contribution in [1.29, 1.82) is 0 Å². The Balaban J connectivity index is 2.64. The fraction of sp³-hybridized carbons (Fsp3) is 0.273. The first kappa shape index (κ1) is 9.01. The maximum atomic E-state index is 8.68. The van der Waals surface area contributed by atoms with Gasteiger partial charge in [-0.05, 0) is 24.0 Å². The highest BCUT2D eigenvalue weighted by Crippen LogP contribution is 2.05. The Labute approximate surface area is 73.4 Å². The van der Waals surface area contributed by atoms with Crippen molar-refractivity contribution in [1.82, 2.24) is 0 Å². The Hall–Kier alpha value is -1.08. The van der Waals surface area contributed by atoms with Gasteiger partial charge in [-0.1, -0.05) is 30.3 Å². The summed E-state index contributed by atoms with van der Waals surface area (Å²) in [4.78, 5) is 0. The van der Waals surface area contributed by atoms with Crippen LogP contribution < -0.4 is 0 Å². The van der Waals surface area contributed by atoms with Crippen LogP contribution >= 0.6 is 0 Å². The van der Waals surface area contributed by atoms with Gasteiger partial charge in [-0.25, -0.2) is 0 Å². The Morgan fingerprint density at radius 1 is 1.17 bits per heavy atom. The number of rotatable bonds is 4. The first-order valence-corrected chi connectivity index (χ1v) is 4.16. The molecule has 0 atom stereocenters. The first-order valence-electron chi connectivity index (χ1n) is 4.16. The maximum absolute atomic E-state index is 8.68. The second-order valence-electron chi connectivity index (χ2n) is 2.78. The van der Waals surface area contributed by atoms with E-state index in [-0.39, 0.29) is 6.61 Å². The monoisotopic (exact) mass is 162 g/mol. The van der Waals surface area contributed by atoms with Crippen LogP contribution in [-0.2, 0) is 12.8 Å². The van der Waals surface area contributed by atoms with Gasteiger partial charge in [0.2, 0.25) is 0 Å². The van der Waals surface area contributed by atoms with Crippen LogP contribution in [0.2, 0.25) is 0 Å². The van der Waals surface area contributed by atoms with Gasteiger partial charge in [-0.15, -0.1) is 6.58 Å². The zero-order valence-electron chi connectivity index (χ0n) is 7.16. The summed E-state index contributed by atoms with van der Waals surface area (Å²) in [6.07, 6.45) is 3.55. The molecule has 0 fully saturated rings. The first-order chi connectivity index (χ1) is 5.86. The molecule has 0 bridgehead atoms. The summed E-state index contributed by atoms with van der Waals surface area (Å²) >= 11 is 0. The van der Waals surface area contributed by atoms with Crippen molar-refractivity contribution >= 4 is 0 Å². The predicted molar refractivity (Wildman–Crippen MR) is 51.1 cm³/mol. The molecule has 0 saturated heterocycles. The van der Waals surface area contributed by atoms with Gasteiger partial charge in [0.15, 0.2) is 0 Å². The average molecular weight is 162 g/mol. The summed E-state index contributed by atoms with van der Waals surface area (Å²) in [5.41, 5.74) is 2.46. The van der Waals surface area contributed by atoms with Crippen molar-refractivity contribution in [2.24, 2.45) is 0 Å². The average Bonchev–Trinajstić information content (AvgIpc) is 2.09. The van der Waals surface area contributed by atoms with Crippen LogP contribution in [0.15, 0.2) is 36.9 Å². The molecular formula is C11H14O. The van der Waals surface area contributed by atoms with Gasteiger partial charge >= 0.3 is 0 Å². The number of hydrogen-bond donors (Lipinski definition) is 1. The van der Waals surface area contributed by atoms with E-state index in [0.29, 0.717) is 0 Å². The highest BCUT2D eigenvalue weighted by atomic mass is 16.2. The van der Waals surface area contributed by atoms with Crippen molar-refractivity contribution in [3.05, 3.63) is 48.0 Å². The van der Waals surface area contributed by atoms with Crippen molar-refractivity contribution < 1.29 is 5.11 Å². The summed E-state index contributed by atoms with van der Waals surface area (Å²) in [5.74, 6) is 0. The van der Waals surface area contributed by atoms with Gasteiger partial charge in [-0.3, -0.25) is 0 Å². The summed E-state index contributed by atoms with van der Waals surface area (Å²) in [6, 6.07) is 8.25. The molecule has 0 aliphatic carbocycles. The summed E-state index contributed by atoms with van der Waals surface area (Å²) in [6.45, 7) is 3.90. The molecular weight excluding hydrogens is 148 g/mol. The van der Waals surface area contributed by atoms with E-state index in [0.717, 1.165) is 12.8 Å². The lowest BCUT2D eigenvalue weighted by molar-refractivity contribution is 0.299. The standard InChI is InChI=1S/C11H14O/c1-2-3-10-4-6-11(7-5-10)8-9-12/h2,4-7,12H,1,3,8-9H2. The van der Waals surface area contributed by atoms with Crippen LogP contribution in [0.3, 0.4) is 0 Å². The molecule has 1 N–H and O–H groups in total. The van der Waals surface area contributed by atoms with E-state index in [1.165, 1.54) is 11.1 Å². The minimum Gasteiger partial charge on any atom is -0.396 e. The number of aliphatic hydroxyl groups is 1. The molecule has 0 saturated carbocycles. The molecule has 0 aromatic heterocycles. The quantitative estimate of drug-likeness (QED) is 0.671. The fourth-order valence-corrected chi connectivity index (χ4v) is 1.14. The van der Waals surface area contributed by atoms with Gasteiger partial charge in [0, 0.05) is 6.61 Å². The molecule has 0 spiro atoms. The minimum atomic E-state index is 0.223. The fourth-order valence-electron chi connectivity index (χ4n) is 1.14. The third kappa shape index (κ3) is 2.51. The molecule has 0 aliphatic heterocycles. The van der Waals surface area contributed by atoms with Crippen LogP contribution in [0.4, 0.5) is 0 Å². The topological polar surface area (TPSA) is 20.2 Å². The summed E-state index contributed by atoms with van der Waals surface area (Å²) < 4.78 is 0. The number of hydrogen-bond acceptors (Lipinski definition) is 1. The predicted octanol–water partition coefficient (Wildman–Crippen LogP) is 1.95. The van der Waals surface area contributed by atoms with Crippen LogP contribution in [0, 0.1) is 0 Å². The molecule has 1 aromatic rings. The Morgan fingerprint density at radius 2 is 1.75 bits per heavy atom. The molecule has 0 amide bonds. The Morgan fingerprint density at radius 3 is 2.25 bits per heavy atom. The Bertz CT molecular complexity index is 236. The normalized spacial score (nSPS) is 9.75. The molecule has 1 nitrogen and oxygen atoms in total. The largest absolute Gasteiger partial charge is 0.396 e. The van der Waals surface area contributed by atoms with Crippen LogP contribution in [0.5, 0.6) is 0 Å². The van der Waals surface area contributed by atoms with Crippen LogP contribution in [0.1, 0.15) is 11.1 Å². The lowest BCUT2D eigenvalue weighted by Crippen LogP contribution is -1.90. The lowest BCUT2D eigenvalue weighted by Gasteiger charge is -1.99. The van der Waals surface area contributed by atoms with E-state index in [1.807, 2.05) is 6.08 Å². The van der Waals surface area contributed by atoms with Crippen molar-refractivity contribution in [2.75, 3.05) is 6.61 Å². The molecule has 1 aromatic carbocycles. The molecule has 12 heavy (non-hydrogen) atoms. The zero-order valence-corrected chi connectivity index (χ0v) is 7.16. The molecule has 0 aliphatic rings. The minimum absolute atomic E-state index is 0.223. The van der Waals surface area contributed by atoms with Crippen LogP contribution in [-0.4, -0.2) is 11.7 Å². The number of benzene rings is 1. The highest BCUT2D eigenvalue weighted by molar-refractivity contribution is 5.23. The van der Waals surface area contributed by atoms with Gasteiger partial charge in [0.25, 0.3) is 0 Å². The molecule has 0 unspecified atom stereocenters. The van der Waals surface area contributed by atoms with E-state index in [9.17, 15) is 0 Å². The zero-order chi connectivity index (χ0) is 8.81. The van der Waals surface area contributed by atoms with Crippen molar-refractivity contribution in [3.8, 4) is 0 Å². The van der Waals surface area contributed by atoms with Crippen molar-refractivity contribution in [3.63, 3.8) is 0 Å².